The third-order valence-electron chi connectivity index (χ3n) is 9.61. The van der Waals surface area contributed by atoms with Crippen molar-refractivity contribution in [1.29, 1.82) is 0 Å². The maximum absolute atomic E-state index is 14.0. The first-order valence-corrected chi connectivity index (χ1v) is 20.5. The van der Waals surface area contributed by atoms with Crippen LogP contribution in [0.25, 0.3) is 0 Å². The van der Waals surface area contributed by atoms with E-state index in [2.05, 4.69) is 46.9 Å². The van der Waals surface area contributed by atoms with Gasteiger partial charge in [-0.3, -0.25) is 14.0 Å². The number of hydrogen-bond acceptors (Lipinski definition) is 10. The number of nitrogens with zero attached hydrogens (tertiary/aromatic N) is 4. The molecule has 1 fully saturated rings. The summed E-state index contributed by atoms with van der Waals surface area (Å²) in [5.41, 5.74) is 0.290. The van der Waals surface area contributed by atoms with Gasteiger partial charge in [-0.25, -0.2) is 4.98 Å². The van der Waals surface area contributed by atoms with Gasteiger partial charge in [0.25, 0.3) is 5.91 Å². The van der Waals surface area contributed by atoms with Gasteiger partial charge in [0, 0.05) is 54.4 Å². The number of ether oxygens (including phenoxy) is 1. The second kappa shape index (κ2) is 17.0. The van der Waals surface area contributed by atoms with E-state index in [0.29, 0.717) is 54.3 Å². The number of carbonyl (C=O) groups is 1. The minimum Gasteiger partial charge on any atom is -0.495 e. The fraction of sp³-hybridized carbons (Fsp3) is 0.444. The van der Waals surface area contributed by atoms with Crippen LogP contribution in [0, 0.1) is 0 Å². The number of alkyl halides is 3. The average molecular weight is 850 g/mol. The van der Waals surface area contributed by atoms with Gasteiger partial charge in [-0.05, 0) is 89.3 Å². The molecule has 2 aromatic heterocycles. The van der Waals surface area contributed by atoms with Crippen LogP contribution >= 0.6 is 23.3 Å². The van der Waals surface area contributed by atoms with Crippen molar-refractivity contribution in [3.05, 3.63) is 76.2 Å². The van der Waals surface area contributed by atoms with Crippen molar-refractivity contribution in [2.24, 2.45) is 0 Å². The fourth-order valence-electron chi connectivity index (χ4n) is 5.82. The smallest absolute Gasteiger partial charge is 0.495 e. The van der Waals surface area contributed by atoms with E-state index in [-0.39, 0.29) is 29.5 Å². The third kappa shape index (κ3) is 10.7. The number of nitrogens with one attached hydrogen (secondary N) is 3. The summed E-state index contributed by atoms with van der Waals surface area (Å²) in [5.74, 6) is -0.798. The van der Waals surface area contributed by atoms with E-state index < -0.39 is 49.2 Å². The van der Waals surface area contributed by atoms with Gasteiger partial charge in [-0.1, -0.05) is 22.0 Å². The number of hydrogen-bond donors (Lipinski definition) is 4. The van der Waals surface area contributed by atoms with Gasteiger partial charge in [0.05, 0.1) is 35.3 Å². The van der Waals surface area contributed by atoms with Crippen LogP contribution < -0.4 is 26.2 Å². The predicted molar refractivity (Wildman–Crippen MR) is 209 cm³/mol. The summed E-state index contributed by atoms with van der Waals surface area (Å²) < 4.78 is 74.8. The lowest BCUT2D eigenvalue weighted by molar-refractivity contribution is -0.137. The minimum absolute atomic E-state index is 0.108. The van der Waals surface area contributed by atoms with Crippen molar-refractivity contribution in [1.82, 2.24) is 25.1 Å². The molecule has 19 heteroatoms. The zero-order valence-corrected chi connectivity index (χ0v) is 33.9. The molecule has 1 unspecified atom stereocenters. The van der Waals surface area contributed by atoms with E-state index in [1.54, 1.807) is 29.1 Å². The molecular formula is C36H45BBrF3N7O6P. The van der Waals surface area contributed by atoms with Crippen molar-refractivity contribution < 1.29 is 41.5 Å². The fourth-order valence-corrected chi connectivity index (χ4v) is 7.76. The van der Waals surface area contributed by atoms with Crippen LogP contribution in [0.4, 0.5) is 36.3 Å². The Bertz CT molecular complexity index is 2030. The maximum Gasteiger partial charge on any atom is 0.498 e. The summed E-state index contributed by atoms with van der Waals surface area (Å²) in [4.78, 5) is 31.1. The Kier molecular flexibility index (Phi) is 13.1. The van der Waals surface area contributed by atoms with Crippen LogP contribution in [0.2, 0.25) is 0 Å². The molecule has 13 nitrogen and oxygen atoms in total. The van der Waals surface area contributed by atoms with E-state index in [0.717, 1.165) is 11.0 Å². The van der Waals surface area contributed by atoms with E-state index in [1.807, 2.05) is 40.0 Å². The summed E-state index contributed by atoms with van der Waals surface area (Å²) in [6.45, 7) is 8.43. The SMILES string of the molecule is CNC(=O)c1cc(Br)ccc1Nc1nc(Nc2ccc(CCCCP(=O)(O)CCCn3cc(B4OC(C)(C)C(C)(C)O4)cn3)cc2OC)ncc1C(F)(F)F. The van der Waals surface area contributed by atoms with Crippen molar-refractivity contribution in [2.75, 3.05) is 37.1 Å². The lowest BCUT2D eigenvalue weighted by Gasteiger charge is -2.32. The molecule has 4 aromatic rings. The Morgan fingerprint density at radius 2 is 1.71 bits per heavy atom. The van der Waals surface area contributed by atoms with Crippen LogP contribution in [0.3, 0.4) is 0 Å². The Hall–Kier alpha value is -3.96. The molecular weight excluding hydrogens is 805 g/mol. The zero-order chi connectivity index (χ0) is 40.2. The molecule has 296 valence electrons. The van der Waals surface area contributed by atoms with Crippen LogP contribution in [0.15, 0.2) is 59.5 Å². The van der Waals surface area contributed by atoms with Crippen molar-refractivity contribution in [3.8, 4) is 5.75 Å². The number of rotatable bonds is 16. The van der Waals surface area contributed by atoms with Crippen LogP contribution in [0.5, 0.6) is 5.75 Å². The highest BCUT2D eigenvalue weighted by atomic mass is 79.9. The number of unbranched alkanes of at least 4 members (excludes halogenated alkanes) is 1. The molecule has 4 N–H and O–H groups in total. The topological polar surface area (TPSA) is 162 Å². The second-order valence-corrected chi connectivity index (χ2v) is 17.7. The van der Waals surface area contributed by atoms with Gasteiger partial charge in [-0.2, -0.15) is 23.3 Å². The first-order valence-electron chi connectivity index (χ1n) is 17.7. The summed E-state index contributed by atoms with van der Waals surface area (Å²) in [5, 5.41) is 12.4. The minimum atomic E-state index is -4.78. The number of anilines is 4. The normalized spacial score (nSPS) is 16.1. The lowest BCUT2D eigenvalue weighted by atomic mass is 9.82. The first kappa shape index (κ1) is 42.2. The summed E-state index contributed by atoms with van der Waals surface area (Å²) in [7, 11) is -0.993. The number of aromatic nitrogens is 4. The number of halogens is 4. The molecule has 0 bridgehead atoms. The number of carbonyl (C=O) groups excluding carboxylic acids is 1. The molecule has 2 aromatic carbocycles. The number of methoxy groups -OCH3 is 1. The molecule has 3 heterocycles. The summed E-state index contributed by atoms with van der Waals surface area (Å²) >= 11 is 3.28. The molecule has 1 saturated heterocycles. The quantitative estimate of drug-likeness (QED) is 0.0509. The summed E-state index contributed by atoms with van der Waals surface area (Å²) in [6.07, 6.45) is 2.08. The van der Waals surface area contributed by atoms with E-state index >= 15 is 0 Å². The van der Waals surface area contributed by atoms with Gasteiger partial charge in [0.2, 0.25) is 13.3 Å². The van der Waals surface area contributed by atoms with Crippen molar-refractivity contribution >= 4 is 64.9 Å². The predicted octanol–water partition coefficient (Wildman–Crippen LogP) is 7.29. The summed E-state index contributed by atoms with van der Waals surface area (Å²) in [6, 6.07) is 9.84. The van der Waals surface area contributed by atoms with Crippen LogP contribution in [-0.2, 0) is 33.0 Å². The first-order chi connectivity index (χ1) is 25.8. The zero-order valence-electron chi connectivity index (χ0n) is 31.5. The standard InChI is InChI=1S/C36H45BBrF3N7O6P/c1-34(2)35(3,4)54-37(53-34)24-20-44-48(22-24)15-9-17-55(50,51)16-8-7-10-23-11-13-29(30(18-23)52-6)46-33-43-21-27(36(39,40)41)31(47-33)45-28-14-12-25(38)19-26(28)32(49)42-5/h11-14,18-22H,7-10,15-17H2,1-6H3,(H,42,49)(H,50,51)(H2,43,45,46,47). The Morgan fingerprint density at radius 3 is 2.38 bits per heavy atom. The lowest BCUT2D eigenvalue weighted by Crippen LogP contribution is -2.41. The van der Waals surface area contributed by atoms with Gasteiger partial charge in [0.1, 0.15) is 17.1 Å². The third-order valence-corrected chi connectivity index (χ3v) is 12.1. The highest BCUT2D eigenvalue weighted by molar-refractivity contribution is 9.10. The number of amides is 1. The number of benzene rings is 2. The largest absolute Gasteiger partial charge is 0.498 e. The molecule has 0 spiro atoms. The molecule has 1 amide bonds. The average Bonchev–Trinajstić information content (AvgIpc) is 3.67. The molecule has 0 radical (unpaired) electrons. The molecule has 1 atom stereocenters. The van der Waals surface area contributed by atoms with Crippen molar-refractivity contribution in [3.63, 3.8) is 0 Å². The molecule has 1 aliphatic rings. The van der Waals surface area contributed by atoms with Crippen LogP contribution in [-0.4, -0.2) is 75.4 Å². The highest BCUT2D eigenvalue weighted by Crippen LogP contribution is 2.43. The van der Waals surface area contributed by atoms with Crippen molar-refractivity contribution in [2.45, 2.75) is 77.3 Å². The Labute approximate surface area is 326 Å². The van der Waals surface area contributed by atoms with E-state index in [9.17, 15) is 27.4 Å². The van der Waals surface area contributed by atoms with E-state index in [4.69, 9.17) is 14.0 Å². The highest BCUT2D eigenvalue weighted by Gasteiger charge is 2.52. The van der Waals surface area contributed by atoms with Crippen LogP contribution in [0.1, 0.15) is 68.4 Å². The van der Waals surface area contributed by atoms with Gasteiger partial charge >= 0.3 is 13.3 Å². The van der Waals surface area contributed by atoms with E-state index in [1.165, 1.54) is 26.3 Å². The Morgan fingerprint density at radius 1 is 1.02 bits per heavy atom. The molecule has 1 aliphatic heterocycles. The number of aryl methyl sites for hydroxylation is 2. The Balaban J connectivity index is 1.14. The monoisotopic (exact) mass is 849 g/mol. The molecule has 0 saturated carbocycles. The molecule has 0 aliphatic carbocycles. The van der Waals surface area contributed by atoms with Gasteiger partial charge in [0.15, 0.2) is 0 Å². The maximum atomic E-state index is 14.0. The van der Waals surface area contributed by atoms with Gasteiger partial charge < -0.3 is 34.9 Å². The molecule has 55 heavy (non-hydrogen) atoms. The molecule has 5 rings (SSSR count). The van der Waals surface area contributed by atoms with Gasteiger partial charge in [-0.15, -0.1) is 0 Å². The second-order valence-electron chi connectivity index (χ2n) is 14.2.